The van der Waals surface area contributed by atoms with Gasteiger partial charge in [0.2, 0.25) is 11.7 Å². The molecule has 0 spiro atoms. The van der Waals surface area contributed by atoms with E-state index in [0.29, 0.717) is 28.9 Å². The lowest BCUT2D eigenvalue weighted by atomic mass is 9.77. The standard InChI is InChI=1S/C22H22BrN3O3/c1-14-24-20(26-29-14)13-28-19-11-7-17(8-12-19)22(27)25-21(15-3-2-4-15)16-5-9-18(23)10-6-16/h5-12,15,21H,2-4,13H2,1H3,(H,25,27). The third kappa shape index (κ3) is 4.85. The van der Waals surface area contributed by atoms with E-state index in [-0.39, 0.29) is 18.6 Å². The molecule has 1 amide bonds. The third-order valence-corrected chi connectivity index (χ3v) is 5.72. The second-order valence-corrected chi connectivity index (χ2v) is 8.15. The van der Waals surface area contributed by atoms with Crippen LogP contribution in [0, 0.1) is 12.8 Å². The van der Waals surface area contributed by atoms with Gasteiger partial charge in [0.25, 0.3) is 5.91 Å². The molecule has 1 saturated carbocycles. The van der Waals surface area contributed by atoms with Gasteiger partial charge in [-0.25, -0.2) is 0 Å². The SMILES string of the molecule is Cc1nc(COc2ccc(C(=O)NC(c3ccc(Br)cc3)C3CCC3)cc2)no1. The molecule has 1 aliphatic carbocycles. The molecule has 0 bridgehead atoms. The highest BCUT2D eigenvalue weighted by molar-refractivity contribution is 9.10. The van der Waals surface area contributed by atoms with Crippen LogP contribution < -0.4 is 10.1 Å². The quantitative estimate of drug-likeness (QED) is 0.542. The summed E-state index contributed by atoms with van der Waals surface area (Å²) in [5.74, 6) is 2.04. The van der Waals surface area contributed by atoms with Crippen LogP contribution >= 0.6 is 15.9 Å². The molecule has 29 heavy (non-hydrogen) atoms. The second kappa shape index (κ2) is 8.78. The number of ether oxygens (including phenoxy) is 1. The lowest BCUT2D eigenvalue weighted by molar-refractivity contribution is 0.0900. The predicted octanol–water partition coefficient (Wildman–Crippen LogP) is 4.99. The van der Waals surface area contributed by atoms with Crippen molar-refractivity contribution in [2.24, 2.45) is 5.92 Å². The lowest BCUT2D eigenvalue weighted by Gasteiger charge is -2.34. The average Bonchev–Trinajstić information content (AvgIpc) is 3.11. The zero-order valence-corrected chi connectivity index (χ0v) is 17.7. The van der Waals surface area contributed by atoms with Crippen LogP contribution in [0.25, 0.3) is 0 Å². The van der Waals surface area contributed by atoms with Gasteiger partial charge in [-0.3, -0.25) is 4.79 Å². The molecule has 3 aromatic rings. The number of aryl methyl sites for hydroxylation is 1. The number of hydrogen-bond acceptors (Lipinski definition) is 5. The van der Waals surface area contributed by atoms with Crippen LogP contribution in [0.3, 0.4) is 0 Å². The highest BCUT2D eigenvalue weighted by Crippen LogP contribution is 2.38. The van der Waals surface area contributed by atoms with E-state index in [2.05, 4.69) is 43.5 Å². The van der Waals surface area contributed by atoms with Gasteiger partial charge in [-0.15, -0.1) is 0 Å². The summed E-state index contributed by atoms with van der Waals surface area (Å²) in [7, 11) is 0. The highest BCUT2D eigenvalue weighted by atomic mass is 79.9. The molecule has 4 rings (SSSR count). The molecule has 1 N–H and O–H groups in total. The van der Waals surface area contributed by atoms with Gasteiger partial charge in [-0.1, -0.05) is 39.6 Å². The maximum absolute atomic E-state index is 12.8. The van der Waals surface area contributed by atoms with E-state index in [0.717, 1.165) is 22.9 Å². The molecule has 1 heterocycles. The Morgan fingerprint density at radius 3 is 2.52 bits per heavy atom. The normalized spacial score (nSPS) is 14.8. The van der Waals surface area contributed by atoms with Crippen LogP contribution in [0.5, 0.6) is 5.75 Å². The largest absolute Gasteiger partial charge is 0.485 e. The van der Waals surface area contributed by atoms with Crippen molar-refractivity contribution in [1.29, 1.82) is 0 Å². The van der Waals surface area contributed by atoms with Crippen molar-refractivity contribution in [2.75, 3.05) is 0 Å². The first-order chi connectivity index (χ1) is 14.1. The number of nitrogens with zero attached hydrogens (tertiary/aromatic N) is 2. The van der Waals surface area contributed by atoms with Gasteiger partial charge >= 0.3 is 0 Å². The lowest BCUT2D eigenvalue weighted by Crippen LogP contribution is -2.36. The van der Waals surface area contributed by atoms with Crippen molar-refractivity contribution < 1.29 is 14.1 Å². The predicted molar refractivity (Wildman–Crippen MR) is 111 cm³/mol. The first kappa shape index (κ1) is 19.6. The summed E-state index contributed by atoms with van der Waals surface area (Å²) in [5, 5.41) is 7.02. The summed E-state index contributed by atoms with van der Waals surface area (Å²) in [5.41, 5.74) is 1.75. The molecule has 1 unspecified atom stereocenters. The average molecular weight is 456 g/mol. The zero-order valence-electron chi connectivity index (χ0n) is 16.1. The fourth-order valence-corrected chi connectivity index (χ4v) is 3.66. The van der Waals surface area contributed by atoms with Crippen LogP contribution in [-0.2, 0) is 6.61 Å². The minimum absolute atomic E-state index is 0.0294. The Morgan fingerprint density at radius 1 is 1.21 bits per heavy atom. The summed E-state index contributed by atoms with van der Waals surface area (Å²) >= 11 is 3.47. The maximum Gasteiger partial charge on any atom is 0.251 e. The van der Waals surface area contributed by atoms with Gasteiger partial charge < -0.3 is 14.6 Å². The first-order valence-corrected chi connectivity index (χ1v) is 10.5. The van der Waals surface area contributed by atoms with Crippen molar-refractivity contribution in [3.05, 3.63) is 75.8 Å². The molecule has 7 heteroatoms. The van der Waals surface area contributed by atoms with Gasteiger partial charge in [-0.2, -0.15) is 4.98 Å². The molecule has 1 aromatic heterocycles. The third-order valence-electron chi connectivity index (χ3n) is 5.19. The number of rotatable bonds is 7. The van der Waals surface area contributed by atoms with Crippen LogP contribution in [0.15, 0.2) is 57.5 Å². The van der Waals surface area contributed by atoms with Gasteiger partial charge in [-0.05, 0) is 60.7 Å². The number of carbonyl (C=O) groups is 1. The summed E-state index contributed by atoms with van der Waals surface area (Å²) < 4.78 is 11.6. The van der Waals surface area contributed by atoms with Crippen molar-refractivity contribution in [3.8, 4) is 5.75 Å². The molecular formula is C22H22BrN3O3. The number of benzene rings is 2. The van der Waals surface area contributed by atoms with E-state index in [9.17, 15) is 4.79 Å². The van der Waals surface area contributed by atoms with E-state index >= 15 is 0 Å². The molecular weight excluding hydrogens is 434 g/mol. The van der Waals surface area contributed by atoms with E-state index in [4.69, 9.17) is 9.26 Å². The van der Waals surface area contributed by atoms with Crippen LogP contribution in [-0.4, -0.2) is 16.0 Å². The highest BCUT2D eigenvalue weighted by Gasteiger charge is 2.30. The van der Waals surface area contributed by atoms with Gasteiger partial charge in [0, 0.05) is 17.0 Å². The first-order valence-electron chi connectivity index (χ1n) is 9.67. The summed E-state index contributed by atoms with van der Waals surface area (Å²) in [4.78, 5) is 16.9. The molecule has 150 valence electrons. The van der Waals surface area contributed by atoms with E-state index in [1.807, 2.05) is 12.1 Å². The Hall–Kier alpha value is -2.67. The second-order valence-electron chi connectivity index (χ2n) is 7.24. The van der Waals surface area contributed by atoms with Gasteiger partial charge in [0.15, 0.2) is 6.61 Å². The fraction of sp³-hybridized carbons (Fsp3) is 0.318. The molecule has 0 aliphatic heterocycles. The van der Waals surface area contributed by atoms with Crippen molar-refractivity contribution in [1.82, 2.24) is 15.5 Å². The topological polar surface area (TPSA) is 77.2 Å². The van der Waals surface area contributed by atoms with Crippen molar-refractivity contribution >= 4 is 21.8 Å². The van der Waals surface area contributed by atoms with Crippen molar-refractivity contribution in [3.63, 3.8) is 0 Å². The van der Waals surface area contributed by atoms with Crippen LogP contribution in [0.1, 0.15) is 52.9 Å². The number of aromatic nitrogens is 2. The summed E-state index contributed by atoms with van der Waals surface area (Å²) in [6, 6.07) is 15.3. The fourth-order valence-electron chi connectivity index (χ4n) is 3.39. The molecule has 0 radical (unpaired) electrons. The Labute approximate surface area is 177 Å². The zero-order chi connectivity index (χ0) is 20.2. The Kier molecular flexibility index (Phi) is 5.94. The smallest absolute Gasteiger partial charge is 0.251 e. The minimum Gasteiger partial charge on any atom is -0.485 e. The number of carbonyl (C=O) groups excluding carboxylic acids is 1. The molecule has 1 aliphatic rings. The van der Waals surface area contributed by atoms with Crippen molar-refractivity contribution in [2.45, 2.75) is 38.8 Å². The number of nitrogens with one attached hydrogen (secondary N) is 1. The van der Waals surface area contributed by atoms with E-state index in [1.54, 1.807) is 31.2 Å². The number of halogens is 1. The number of amides is 1. The molecule has 1 fully saturated rings. The molecule has 6 nitrogen and oxygen atoms in total. The summed E-state index contributed by atoms with van der Waals surface area (Å²) in [6.07, 6.45) is 3.51. The van der Waals surface area contributed by atoms with Gasteiger partial charge in [0.1, 0.15) is 5.75 Å². The Balaban J connectivity index is 1.40. The Morgan fingerprint density at radius 2 is 1.93 bits per heavy atom. The van der Waals surface area contributed by atoms with Crippen LogP contribution in [0.4, 0.5) is 0 Å². The summed E-state index contributed by atoms with van der Waals surface area (Å²) in [6.45, 7) is 1.95. The van der Waals surface area contributed by atoms with Crippen LogP contribution in [0.2, 0.25) is 0 Å². The monoisotopic (exact) mass is 455 g/mol. The maximum atomic E-state index is 12.8. The number of hydrogen-bond donors (Lipinski definition) is 1. The molecule has 2 aromatic carbocycles. The van der Waals surface area contributed by atoms with E-state index < -0.39 is 0 Å². The Bertz CT molecular complexity index is 966. The van der Waals surface area contributed by atoms with E-state index in [1.165, 1.54) is 6.42 Å². The van der Waals surface area contributed by atoms with Gasteiger partial charge in [0.05, 0.1) is 6.04 Å². The minimum atomic E-state index is -0.0786. The molecule has 1 atom stereocenters. The molecule has 0 saturated heterocycles.